The average molecular weight is 351 g/mol. The molecule has 1 aromatic carbocycles. The lowest BCUT2D eigenvalue weighted by molar-refractivity contribution is 0.341. The fourth-order valence-electron chi connectivity index (χ4n) is 3.13. The van der Waals surface area contributed by atoms with Crippen LogP contribution in [-0.2, 0) is 22.9 Å². The lowest BCUT2D eigenvalue weighted by atomic mass is 9.98. The van der Waals surface area contributed by atoms with Gasteiger partial charge >= 0.3 is 0 Å². The molecule has 0 saturated heterocycles. The third-order valence-corrected chi connectivity index (χ3v) is 7.43. The van der Waals surface area contributed by atoms with E-state index >= 15 is 0 Å². The van der Waals surface area contributed by atoms with Crippen LogP contribution in [-0.4, -0.2) is 24.8 Å². The maximum absolute atomic E-state index is 13.0. The number of thiazole rings is 1. The van der Waals surface area contributed by atoms with E-state index in [0.717, 1.165) is 46.8 Å². The van der Waals surface area contributed by atoms with Crippen LogP contribution in [0.4, 0.5) is 0 Å². The maximum atomic E-state index is 13.0. The summed E-state index contributed by atoms with van der Waals surface area (Å²) in [7, 11) is -1.80. The number of benzene rings is 1. The van der Waals surface area contributed by atoms with E-state index in [1.54, 1.807) is 30.5 Å². The largest absolute Gasteiger partial charge is 0.246 e. The Morgan fingerprint density at radius 3 is 2.91 bits per heavy atom. The van der Waals surface area contributed by atoms with Crippen molar-refractivity contribution >= 4 is 21.4 Å². The summed E-state index contributed by atoms with van der Waals surface area (Å²) in [6.45, 7) is 4.02. The predicted octanol–water partition coefficient (Wildman–Crippen LogP) is 3.71. The van der Waals surface area contributed by atoms with Crippen molar-refractivity contribution in [2.75, 3.05) is 7.05 Å². The quantitative estimate of drug-likeness (QED) is 0.844. The van der Waals surface area contributed by atoms with Gasteiger partial charge in [-0.3, -0.25) is 0 Å². The Kier molecular flexibility index (Phi) is 4.58. The molecule has 0 aliphatic heterocycles. The molecule has 0 fully saturated rings. The number of aromatic nitrogens is 1. The molecular weight excluding hydrogens is 328 g/mol. The van der Waals surface area contributed by atoms with E-state index in [2.05, 4.69) is 4.98 Å². The second-order valence-electron chi connectivity index (χ2n) is 5.97. The molecule has 2 aromatic rings. The molecule has 0 spiro atoms. The summed E-state index contributed by atoms with van der Waals surface area (Å²) in [4.78, 5) is 6.06. The lowest BCUT2D eigenvalue weighted by Crippen LogP contribution is -2.32. The fourth-order valence-corrected chi connectivity index (χ4v) is 5.77. The molecule has 0 bridgehead atoms. The van der Waals surface area contributed by atoms with Crippen molar-refractivity contribution in [3.63, 3.8) is 0 Å². The summed E-state index contributed by atoms with van der Waals surface area (Å²) < 4.78 is 27.6. The molecule has 23 heavy (non-hydrogen) atoms. The summed E-state index contributed by atoms with van der Waals surface area (Å²) in [6, 6.07) is 7.16. The van der Waals surface area contributed by atoms with Gasteiger partial charge in [0, 0.05) is 11.9 Å². The van der Waals surface area contributed by atoms with Gasteiger partial charge in [0.1, 0.15) is 0 Å². The van der Waals surface area contributed by atoms with Crippen LogP contribution < -0.4 is 0 Å². The Bertz CT molecular complexity index is 812. The highest BCUT2D eigenvalue weighted by molar-refractivity contribution is 7.89. The first-order valence-electron chi connectivity index (χ1n) is 7.96. The number of fused-ring (bicyclic) bond motifs is 1. The highest BCUT2D eigenvalue weighted by Crippen LogP contribution is 2.39. The van der Waals surface area contributed by atoms with E-state index in [4.69, 9.17) is 0 Å². The molecule has 1 aliphatic carbocycles. The molecular formula is C17H22N2O2S2. The van der Waals surface area contributed by atoms with Gasteiger partial charge in [-0.1, -0.05) is 19.1 Å². The van der Waals surface area contributed by atoms with E-state index < -0.39 is 10.0 Å². The van der Waals surface area contributed by atoms with Crippen molar-refractivity contribution in [1.82, 2.24) is 9.29 Å². The van der Waals surface area contributed by atoms with Gasteiger partial charge in [-0.2, -0.15) is 4.31 Å². The van der Waals surface area contributed by atoms with Crippen molar-refractivity contribution in [2.45, 2.75) is 50.5 Å². The highest BCUT2D eigenvalue weighted by Gasteiger charge is 2.34. The van der Waals surface area contributed by atoms with Crippen LogP contribution in [0.25, 0.3) is 0 Å². The van der Waals surface area contributed by atoms with E-state index in [0.29, 0.717) is 4.90 Å². The van der Waals surface area contributed by atoms with Gasteiger partial charge in [0.15, 0.2) is 0 Å². The summed E-state index contributed by atoms with van der Waals surface area (Å²) in [5.74, 6) is 0. The number of sulfonamides is 1. The van der Waals surface area contributed by atoms with Gasteiger partial charge < -0.3 is 0 Å². The molecule has 124 valence electrons. The zero-order valence-corrected chi connectivity index (χ0v) is 15.4. The normalized spacial score (nSPS) is 18.2. The van der Waals surface area contributed by atoms with Gasteiger partial charge in [-0.15, -0.1) is 11.3 Å². The number of nitrogens with zero attached hydrogens (tertiary/aromatic N) is 2. The van der Waals surface area contributed by atoms with Crippen LogP contribution in [0.1, 0.15) is 46.9 Å². The van der Waals surface area contributed by atoms with Gasteiger partial charge in [-0.25, -0.2) is 13.4 Å². The Hall–Kier alpha value is -1.24. The fraction of sp³-hybridized carbons (Fsp3) is 0.471. The minimum atomic E-state index is -3.49. The van der Waals surface area contributed by atoms with Crippen LogP contribution in [0.5, 0.6) is 0 Å². The third-order valence-electron chi connectivity index (χ3n) is 4.45. The third kappa shape index (κ3) is 3.07. The number of rotatable bonds is 4. The van der Waals surface area contributed by atoms with Crippen molar-refractivity contribution < 1.29 is 8.42 Å². The van der Waals surface area contributed by atoms with Crippen LogP contribution in [0.2, 0.25) is 0 Å². The summed E-state index contributed by atoms with van der Waals surface area (Å²) in [5, 5.41) is 1.01. The van der Waals surface area contributed by atoms with Crippen LogP contribution in [0.15, 0.2) is 29.2 Å². The monoisotopic (exact) mass is 350 g/mol. The topological polar surface area (TPSA) is 50.3 Å². The molecule has 6 heteroatoms. The second-order valence-corrected chi connectivity index (χ2v) is 9.21. The molecule has 3 rings (SSSR count). The lowest BCUT2D eigenvalue weighted by Gasteiger charge is -2.30. The number of hydrogen-bond acceptors (Lipinski definition) is 4. The summed E-state index contributed by atoms with van der Waals surface area (Å²) in [5.41, 5.74) is 2.12. The van der Waals surface area contributed by atoms with Gasteiger partial charge in [-0.05, 0) is 50.3 Å². The predicted molar refractivity (Wildman–Crippen MR) is 93.3 cm³/mol. The minimum Gasteiger partial charge on any atom is -0.246 e. The number of aryl methyl sites for hydroxylation is 3. The standard InChI is InChI=1S/C17H22N2O2S2/c1-4-13-7-5-8-14(11-13)23(20,21)19(3)16-10-6-9-15-17(16)22-12(2)18-15/h5,7-8,11,16H,4,6,9-10H2,1-3H3. The molecule has 0 N–H and O–H groups in total. The van der Waals surface area contributed by atoms with Gasteiger partial charge in [0.2, 0.25) is 10.0 Å². The molecule has 0 radical (unpaired) electrons. The van der Waals surface area contributed by atoms with Crippen molar-refractivity contribution in [3.8, 4) is 0 Å². The molecule has 1 aromatic heterocycles. The molecule has 1 atom stereocenters. The Balaban J connectivity index is 1.97. The minimum absolute atomic E-state index is 0.0970. The summed E-state index contributed by atoms with van der Waals surface area (Å²) >= 11 is 1.63. The molecule has 4 nitrogen and oxygen atoms in total. The molecule has 1 heterocycles. The Morgan fingerprint density at radius 2 is 2.17 bits per heavy atom. The van der Waals surface area contributed by atoms with Crippen molar-refractivity contribution in [1.29, 1.82) is 0 Å². The SMILES string of the molecule is CCc1cccc(S(=O)(=O)N(C)C2CCCc3nc(C)sc32)c1. The Morgan fingerprint density at radius 1 is 1.39 bits per heavy atom. The van der Waals surface area contributed by atoms with Crippen LogP contribution in [0, 0.1) is 6.92 Å². The maximum Gasteiger partial charge on any atom is 0.243 e. The number of hydrogen-bond donors (Lipinski definition) is 0. The van der Waals surface area contributed by atoms with Gasteiger partial charge in [0.25, 0.3) is 0 Å². The first kappa shape index (κ1) is 16.6. The second kappa shape index (κ2) is 6.34. The zero-order chi connectivity index (χ0) is 16.6. The molecule has 1 aliphatic rings. The molecule has 0 amide bonds. The Labute approximate surface area is 142 Å². The average Bonchev–Trinajstić information content (AvgIpc) is 2.94. The smallest absolute Gasteiger partial charge is 0.243 e. The highest BCUT2D eigenvalue weighted by atomic mass is 32.2. The van der Waals surface area contributed by atoms with E-state index in [1.807, 2.05) is 26.0 Å². The van der Waals surface area contributed by atoms with E-state index in [1.165, 1.54) is 4.31 Å². The van der Waals surface area contributed by atoms with Crippen molar-refractivity contribution in [2.24, 2.45) is 0 Å². The molecule has 1 unspecified atom stereocenters. The van der Waals surface area contributed by atoms with Crippen LogP contribution in [0.3, 0.4) is 0 Å². The van der Waals surface area contributed by atoms with E-state index in [-0.39, 0.29) is 6.04 Å². The first-order valence-corrected chi connectivity index (χ1v) is 10.2. The van der Waals surface area contributed by atoms with E-state index in [9.17, 15) is 8.42 Å². The summed E-state index contributed by atoms with van der Waals surface area (Å²) in [6.07, 6.45) is 3.62. The molecule has 0 saturated carbocycles. The van der Waals surface area contributed by atoms with Crippen LogP contribution >= 0.6 is 11.3 Å². The zero-order valence-electron chi connectivity index (χ0n) is 13.7. The first-order chi connectivity index (χ1) is 10.9. The van der Waals surface area contributed by atoms with Gasteiger partial charge in [0.05, 0.1) is 21.6 Å². The van der Waals surface area contributed by atoms with Crippen molar-refractivity contribution in [3.05, 3.63) is 45.4 Å².